The van der Waals surface area contributed by atoms with Crippen LogP contribution in [0, 0.1) is 6.92 Å². The molecule has 2 aromatic carbocycles. The Kier molecular flexibility index (Phi) is 9.13. The van der Waals surface area contributed by atoms with E-state index in [1.54, 1.807) is 63.4 Å². The highest BCUT2D eigenvalue weighted by atomic mass is 35.5. The van der Waals surface area contributed by atoms with Gasteiger partial charge in [-0.2, -0.15) is 0 Å². The molecule has 180 valence electrons. The largest absolute Gasteiger partial charge is 0.497 e. The Hall–Kier alpha value is -2.78. The number of halogens is 1. The molecule has 0 radical (unpaired) electrons. The molecular weight excluding hydrogens is 466 g/mol. The van der Waals surface area contributed by atoms with Crippen LogP contribution < -0.4 is 14.4 Å². The van der Waals surface area contributed by atoms with Crippen molar-refractivity contribution in [3.8, 4) is 5.75 Å². The molecule has 2 aromatic rings. The predicted octanol–water partition coefficient (Wildman–Crippen LogP) is 2.98. The van der Waals surface area contributed by atoms with Crippen LogP contribution in [0.5, 0.6) is 5.75 Å². The summed E-state index contributed by atoms with van der Waals surface area (Å²) in [5, 5.41) is 3.05. The summed E-state index contributed by atoms with van der Waals surface area (Å²) in [6.45, 7) is 3.20. The molecule has 0 heterocycles. The number of likely N-dealkylation sites (N-methyl/N-ethyl adjacent to an activating group) is 1. The van der Waals surface area contributed by atoms with E-state index >= 15 is 0 Å². The van der Waals surface area contributed by atoms with Gasteiger partial charge in [0.2, 0.25) is 21.8 Å². The van der Waals surface area contributed by atoms with Gasteiger partial charge in [-0.15, -0.1) is 0 Å². The molecule has 2 amide bonds. The van der Waals surface area contributed by atoms with Crippen LogP contribution in [-0.2, 0) is 26.2 Å². The van der Waals surface area contributed by atoms with Gasteiger partial charge in [0.25, 0.3) is 0 Å². The number of hydrogen-bond acceptors (Lipinski definition) is 5. The van der Waals surface area contributed by atoms with E-state index in [1.807, 2.05) is 0 Å². The standard InChI is InChI=1S/C23H30ClN3O5S/c1-6-20(23(29)25-3)26(14-17-7-10-19(32-4)11-8-17)22(28)15-27(33(5,30)31)21-12-9-18(24)13-16(21)2/h7-13,20H,6,14-15H2,1-5H3,(H,25,29)/t20-/m1/s1. The second kappa shape index (κ2) is 11.4. The number of rotatable bonds is 10. The molecule has 0 spiro atoms. The normalized spacial score (nSPS) is 12.1. The van der Waals surface area contributed by atoms with E-state index in [1.165, 1.54) is 11.9 Å². The summed E-state index contributed by atoms with van der Waals surface area (Å²) < 4.78 is 31.4. The van der Waals surface area contributed by atoms with Crippen molar-refractivity contribution < 1.29 is 22.7 Å². The molecule has 10 heteroatoms. The number of carbonyl (C=O) groups is 2. The lowest BCUT2D eigenvalue weighted by molar-refractivity contribution is -0.140. The first kappa shape index (κ1) is 26.5. The number of benzene rings is 2. The van der Waals surface area contributed by atoms with Gasteiger partial charge < -0.3 is 15.0 Å². The first-order valence-electron chi connectivity index (χ1n) is 10.4. The van der Waals surface area contributed by atoms with E-state index in [0.717, 1.165) is 16.1 Å². The van der Waals surface area contributed by atoms with Crippen molar-refractivity contribution in [2.24, 2.45) is 0 Å². The van der Waals surface area contributed by atoms with Gasteiger partial charge in [-0.1, -0.05) is 30.7 Å². The molecule has 1 N–H and O–H groups in total. The molecule has 0 aliphatic heterocycles. The molecule has 0 aliphatic carbocycles. The smallest absolute Gasteiger partial charge is 0.244 e. The minimum atomic E-state index is -3.80. The minimum Gasteiger partial charge on any atom is -0.497 e. The molecule has 0 unspecified atom stereocenters. The topological polar surface area (TPSA) is 96.0 Å². The van der Waals surface area contributed by atoms with E-state index < -0.39 is 28.5 Å². The number of methoxy groups -OCH3 is 1. The highest BCUT2D eigenvalue weighted by molar-refractivity contribution is 7.92. The second-order valence-corrected chi connectivity index (χ2v) is 9.95. The number of carbonyl (C=O) groups excluding carboxylic acids is 2. The van der Waals surface area contributed by atoms with E-state index in [0.29, 0.717) is 28.4 Å². The van der Waals surface area contributed by atoms with Crippen LogP contribution in [0.25, 0.3) is 0 Å². The number of ether oxygens (including phenoxy) is 1. The lowest BCUT2D eigenvalue weighted by Crippen LogP contribution is -2.51. The highest BCUT2D eigenvalue weighted by Crippen LogP contribution is 2.26. The van der Waals surface area contributed by atoms with Crippen LogP contribution in [-0.4, -0.2) is 58.1 Å². The van der Waals surface area contributed by atoms with E-state index in [4.69, 9.17) is 16.3 Å². The molecule has 1 atom stereocenters. The zero-order valence-corrected chi connectivity index (χ0v) is 21.0. The number of anilines is 1. The fourth-order valence-corrected chi connectivity index (χ4v) is 4.64. The summed E-state index contributed by atoms with van der Waals surface area (Å²) >= 11 is 6.02. The number of aryl methyl sites for hydroxylation is 1. The summed E-state index contributed by atoms with van der Waals surface area (Å²) in [6, 6.07) is 11.1. The van der Waals surface area contributed by atoms with Crippen molar-refractivity contribution in [2.45, 2.75) is 32.9 Å². The van der Waals surface area contributed by atoms with Gasteiger partial charge in [-0.05, 0) is 54.8 Å². The van der Waals surface area contributed by atoms with Gasteiger partial charge in [-0.25, -0.2) is 8.42 Å². The van der Waals surface area contributed by atoms with Gasteiger partial charge in [0.1, 0.15) is 18.3 Å². The van der Waals surface area contributed by atoms with Crippen molar-refractivity contribution in [3.05, 3.63) is 58.6 Å². The van der Waals surface area contributed by atoms with E-state index in [2.05, 4.69) is 5.32 Å². The number of nitrogens with one attached hydrogen (secondary N) is 1. The van der Waals surface area contributed by atoms with Crippen molar-refractivity contribution in [1.82, 2.24) is 10.2 Å². The average molecular weight is 496 g/mol. The van der Waals surface area contributed by atoms with Crippen molar-refractivity contribution in [3.63, 3.8) is 0 Å². The Bertz CT molecular complexity index is 1090. The molecule has 0 aromatic heterocycles. The fraction of sp³-hybridized carbons (Fsp3) is 0.391. The third-order valence-corrected chi connectivity index (χ3v) is 6.61. The number of sulfonamides is 1. The first-order valence-corrected chi connectivity index (χ1v) is 12.6. The zero-order chi connectivity index (χ0) is 24.8. The van der Waals surface area contributed by atoms with Crippen LogP contribution in [0.1, 0.15) is 24.5 Å². The van der Waals surface area contributed by atoms with E-state index in [-0.39, 0.29) is 12.5 Å². The minimum absolute atomic E-state index is 0.131. The van der Waals surface area contributed by atoms with Gasteiger partial charge in [-0.3, -0.25) is 13.9 Å². The van der Waals surface area contributed by atoms with E-state index in [9.17, 15) is 18.0 Å². The Morgan fingerprint density at radius 3 is 2.27 bits per heavy atom. The lowest BCUT2D eigenvalue weighted by Gasteiger charge is -2.33. The maximum absolute atomic E-state index is 13.5. The van der Waals surface area contributed by atoms with Crippen LogP contribution in [0.3, 0.4) is 0 Å². The lowest BCUT2D eigenvalue weighted by atomic mass is 10.1. The summed E-state index contributed by atoms with van der Waals surface area (Å²) in [6.07, 6.45) is 1.40. The molecule has 0 fully saturated rings. The summed E-state index contributed by atoms with van der Waals surface area (Å²) in [4.78, 5) is 27.4. The molecule has 0 saturated heterocycles. The Balaban J connectivity index is 2.44. The third-order valence-electron chi connectivity index (χ3n) is 5.25. The molecule has 0 bridgehead atoms. The molecule has 33 heavy (non-hydrogen) atoms. The van der Waals surface area contributed by atoms with Gasteiger partial charge in [0.15, 0.2) is 0 Å². The fourth-order valence-electron chi connectivity index (χ4n) is 3.51. The Morgan fingerprint density at radius 2 is 1.79 bits per heavy atom. The zero-order valence-electron chi connectivity index (χ0n) is 19.5. The molecule has 0 aliphatic rings. The quantitative estimate of drug-likeness (QED) is 0.546. The first-order chi connectivity index (χ1) is 15.5. The number of hydrogen-bond donors (Lipinski definition) is 1. The summed E-state index contributed by atoms with van der Waals surface area (Å²) in [7, 11) is -0.738. The van der Waals surface area contributed by atoms with Crippen LogP contribution in [0.4, 0.5) is 5.69 Å². The molecule has 2 rings (SSSR count). The summed E-state index contributed by atoms with van der Waals surface area (Å²) in [5.74, 6) is -0.162. The van der Waals surface area contributed by atoms with Gasteiger partial charge >= 0.3 is 0 Å². The van der Waals surface area contributed by atoms with Crippen molar-refractivity contribution >= 4 is 39.1 Å². The number of nitrogens with zero attached hydrogens (tertiary/aromatic N) is 2. The average Bonchev–Trinajstić information content (AvgIpc) is 2.77. The van der Waals surface area contributed by atoms with Crippen LogP contribution in [0.2, 0.25) is 5.02 Å². The molecule has 8 nitrogen and oxygen atoms in total. The molecule has 0 saturated carbocycles. The van der Waals surface area contributed by atoms with Crippen LogP contribution >= 0.6 is 11.6 Å². The Labute approximate surface area is 200 Å². The second-order valence-electron chi connectivity index (χ2n) is 7.61. The summed E-state index contributed by atoms with van der Waals surface area (Å²) in [5.41, 5.74) is 1.74. The van der Waals surface area contributed by atoms with Gasteiger partial charge in [0.05, 0.1) is 19.1 Å². The highest BCUT2D eigenvalue weighted by Gasteiger charge is 2.31. The third kappa shape index (κ3) is 6.85. The van der Waals surface area contributed by atoms with Gasteiger partial charge in [0, 0.05) is 18.6 Å². The van der Waals surface area contributed by atoms with Crippen molar-refractivity contribution in [1.29, 1.82) is 0 Å². The number of amides is 2. The molecular formula is C23H30ClN3O5S. The maximum atomic E-state index is 13.5. The monoisotopic (exact) mass is 495 g/mol. The van der Waals surface area contributed by atoms with Crippen LogP contribution in [0.15, 0.2) is 42.5 Å². The maximum Gasteiger partial charge on any atom is 0.244 e. The Morgan fingerprint density at radius 1 is 1.15 bits per heavy atom. The SMILES string of the molecule is CC[C@H](C(=O)NC)N(Cc1ccc(OC)cc1)C(=O)CN(c1ccc(Cl)cc1C)S(C)(=O)=O. The van der Waals surface area contributed by atoms with Crippen molar-refractivity contribution in [2.75, 3.05) is 31.3 Å². The predicted molar refractivity (Wildman–Crippen MR) is 130 cm³/mol.